The van der Waals surface area contributed by atoms with E-state index in [2.05, 4.69) is 46.9 Å². The molecule has 1 amide bonds. The van der Waals surface area contributed by atoms with E-state index in [0.717, 1.165) is 41.5 Å². The average molecular weight is 353 g/mol. The maximum absolute atomic E-state index is 12.4. The molecule has 1 saturated heterocycles. The van der Waals surface area contributed by atoms with Crippen LogP contribution in [-0.2, 0) is 0 Å². The molecule has 1 aliphatic rings. The number of likely N-dealkylation sites (tertiary alicyclic amines) is 1. The zero-order valence-corrected chi connectivity index (χ0v) is 15.0. The lowest BCUT2D eigenvalue weighted by molar-refractivity contribution is 0.0812. The summed E-state index contributed by atoms with van der Waals surface area (Å²) in [6, 6.07) is 6.12. The Bertz CT molecular complexity index is 514. The van der Waals surface area contributed by atoms with Crippen LogP contribution in [0.15, 0.2) is 22.7 Å². The Hall–Kier alpha value is -0.870. The highest BCUT2D eigenvalue weighted by Crippen LogP contribution is 2.21. The van der Waals surface area contributed by atoms with Gasteiger partial charge in [-0.25, -0.2) is 0 Å². The van der Waals surface area contributed by atoms with Gasteiger partial charge in [0.25, 0.3) is 5.91 Å². The highest BCUT2D eigenvalue weighted by atomic mass is 79.9. The smallest absolute Gasteiger partial charge is 0.251 e. The number of aryl methyl sites for hydroxylation is 1. The Kier molecular flexibility index (Phi) is 5.10. The fourth-order valence-corrected chi connectivity index (χ4v) is 3.16. The summed E-state index contributed by atoms with van der Waals surface area (Å²) >= 11 is 3.43. The second-order valence-corrected chi connectivity index (χ2v) is 7.78. The Labute approximate surface area is 136 Å². The molecule has 4 heteroatoms. The molecule has 0 aromatic heterocycles. The van der Waals surface area contributed by atoms with Crippen molar-refractivity contribution in [3.63, 3.8) is 0 Å². The van der Waals surface area contributed by atoms with E-state index in [0.29, 0.717) is 0 Å². The predicted octanol–water partition coefficient (Wildman–Crippen LogP) is 3.75. The van der Waals surface area contributed by atoms with E-state index in [4.69, 9.17) is 0 Å². The van der Waals surface area contributed by atoms with Gasteiger partial charge in [0.15, 0.2) is 0 Å². The lowest BCUT2D eigenvalue weighted by Crippen LogP contribution is -2.50. The quantitative estimate of drug-likeness (QED) is 0.878. The first-order chi connectivity index (χ1) is 9.77. The zero-order valence-electron chi connectivity index (χ0n) is 13.4. The van der Waals surface area contributed by atoms with Crippen LogP contribution in [0.25, 0.3) is 0 Å². The minimum atomic E-state index is 0.0445. The van der Waals surface area contributed by atoms with Gasteiger partial charge in [0.2, 0.25) is 0 Å². The summed E-state index contributed by atoms with van der Waals surface area (Å²) in [7, 11) is 0. The van der Waals surface area contributed by atoms with Gasteiger partial charge in [-0.3, -0.25) is 9.69 Å². The van der Waals surface area contributed by atoms with Gasteiger partial charge in [-0.1, -0.05) is 22.0 Å². The van der Waals surface area contributed by atoms with Crippen LogP contribution in [0.1, 0.15) is 49.5 Å². The molecule has 1 aromatic rings. The van der Waals surface area contributed by atoms with Crippen LogP contribution in [0.2, 0.25) is 0 Å². The molecule has 1 aliphatic heterocycles. The van der Waals surface area contributed by atoms with Gasteiger partial charge in [-0.15, -0.1) is 0 Å². The van der Waals surface area contributed by atoms with Crippen molar-refractivity contribution in [2.24, 2.45) is 0 Å². The number of amides is 1. The molecule has 1 fully saturated rings. The molecule has 2 rings (SSSR count). The van der Waals surface area contributed by atoms with Crippen LogP contribution in [0.3, 0.4) is 0 Å². The van der Waals surface area contributed by atoms with Gasteiger partial charge in [-0.05, 0) is 58.2 Å². The Balaban J connectivity index is 1.94. The summed E-state index contributed by atoms with van der Waals surface area (Å²) in [5.41, 5.74) is 2.00. The van der Waals surface area contributed by atoms with Gasteiger partial charge < -0.3 is 5.32 Å². The standard InChI is InChI=1S/C17H25BrN2O/c1-12-5-6-13(18)11-15(12)16(21)19-14-7-9-20(10-8-14)17(2,3)4/h5-6,11,14H,7-10H2,1-4H3,(H,19,21). The normalized spacial score (nSPS) is 17.8. The van der Waals surface area contributed by atoms with Crippen molar-refractivity contribution in [3.05, 3.63) is 33.8 Å². The van der Waals surface area contributed by atoms with Crippen LogP contribution >= 0.6 is 15.9 Å². The summed E-state index contributed by atoms with van der Waals surface area (Å²) in [5, 5.41) is 3.19. The number of rotatable bonds is 2. The molecule has 1 aromatic carbocycles. The first-order valence-electron chi connectivity index (χ1n) is 7.59. The highest BCUT2D eigenvalue weighted by molar-refractivity contribution is 9.10. The fraction of sp³-hybridized carbons (Fsp3) is 0.588. The molecule has 1 heterocycles. The number of hydrogen-bond acceptors (Lipinski definition) is 2. The summed E-state index contributed by atoms with van der Waals surface area (Å²) in [6.45, 7) is 10.8. The first kappa shape index (κ1) is 16.5. The molecule has 0 bridgehead atoms. The molecular weight excluding hydrogens is 328 g/mol. The zero-order chi connectivity index (χ0) is 15.6. The summed E-state index contributed by atoms with van der Waals surface area (Å²) < 4.78 is 0.945. The number of nitrogens with zero attached hydrogens (tertiary/aromatic N) is 1. The number of benzene rings is 1. The van der Waals surface area contributed by atoms with Crippen LogP contribution in [-0.4, -0.2) is 35.5 Å². The van der Waals surface area contributed by atoms with E-state index >= 15 is 0 Å². The molecule has 1 N–H and O–H groups in total. The molecule has 0 atom stereocenters. The van der Waals surface area contributed by atoms with Gasteiger partial charge in [-0.2, -0.15) is 0 Å². The number of piperidine rings is 1. The highest BCUT2D eigenvalue weighted by Gasteiger charge is 2.27. The Morgan fingerprint density at radius 2 is 1.90 bits per heavy atom. The van der Waals surface area contributed by atoms with Crippen molar-refractivity contribution in [2.45, 2.75) is 52.1 Å². The summed E-state index contributed by atoms with van der Waals surface area (Å²) in [4.78, 5) is 14.9. The molecule has 0 radical (unpaired) electrons. The van der Waals surface area contributed by atoms with E-state index in [1.807, 2.05) is 25.1 Å². The molecule has 0 spiro atoms. The third kappa shape index (κ3) is 4.30. The molecule has 0 aliphatic carbocycles. The van der Waals surface area contributed by atoms with Crippen molar-refractivity contribution >= 4 is 21.8 Å². The number of halogens is 1. The lowest BCUT2D eigenvalue weighted by atomic mass is 9.97. The largest absolute Gasteiger partial charge is 0.349 e. The maximum Gasteiger partial charge on any atom is 0.251 e. The first-order valence-corrected chi connectivity index (χ1v) is 8.39. The van der Waals surface area contributed by atoms with Crippen molar-refractivity contribution in [2.75, 3.05) is 13.1 Å². The molecule has 21 heavy (non-hydrogen) atoms. The monoisotopic (exact) mass is 352 g/mol. The van der Waals surface area contributed by atoms with Crippen molar-refractivity contribution in [1.29, 1.82) is 0 Å². The SMILES string of the molecule is Cc1ccc(Br)cc1C(=O)NC1CCN(C(C)(C)C)CC1. The minimum Gasteiger partial charge on any atom is -0.349 e. The van der Waals surface area contributed by atoms with Gasteiger partial charge in [0.05, 0.1) is 0 Å². The van der Waals surface area contributed by atoms with Crippen molar-refractivity contribution in [1.82, 2.24) is 10.2 Å². The maximum atomic E-state index is 12.4. The summed E-state index contributed by atoms with van der Waals surface area (Å²) in [6.07, 6.45) is 2.05. The van der Waals surface area contributed by atoms with Crippen LogP contribution < -0.4 is 5.32 Å². The van der Waals surface area contributed by atoms with Crippen molar-refractivity contribution in [3.8, 4) is 0 Å². The molecule has 0 unspecified atom stereocenters. The Morgan fingerprint density at radius 3 is 2.48 bits per heavy atom. The Morgan fingerprint density at radius 1 is 1.29 bits per heavy atom. The molecule has 0 saturated carbocycles. The van der Waals surface area contributed by atoms with E-state index in [1.54, 1.807) is 0 Å². The second-order valence-electron chi connectivity index (χ2n) is 6.86. The third-order valence-electron chi connectivity index (χ3n) is 4.22. The van der Waals surface area contributed by atoms with Crippen LogP contribution in [0, 0.1) is 6.92 Å². The van der Waals surface area contributed by atoms with Gasteiger partial charge in [0.1, 0.15) is 0 Å². The average Bonchev–Trinajstić information content (AvgIpc) is 2.41. The lowest BCUT2D eigenvalue weighted by Gasteiger charge is -2.41. The molecule has 116 valence electrons. The predicted molar refractivity (Wildman–Crippen MR) is 90.7 cm³/mol. The number of carbonyl (C=O) groups excluding carboxylic acids is 1. The summed E-state index contributed by atoms with van der Waals surface area (Å²) in [5.74, 6) is 0.0445. The van der Waals surface area contributed by atoms with E-state index in [9.17, 15) is 4.79 Å². The number of nitrogens with one attached hydrogen (secondary N) is 1. The van der Waals surface area contributed by atoms with E-state index < -0.39 is 0 Å². The van der Waals surface area contributed by atoms with E-state index in [-0.39, 0.29) is 17.5 Å². The minimum absolute atomic E-state index is 0.0445. The third-order valence-corrected chi connectivity index (χ3v) is 4.72. The van der Waals surface area contributed by atoms with Crippen molar-refractivity contribution < 1.29 is 4.79 Å². The van der Waals surface area contributed by atoms with Crippen LogP contribution in [0.5, 0.6) is 0 Å². The second kappa shape index (κ2) is 6.49. The fourth-order valence-electron chi connectivity index (χ4n) is 2.80. The van der Waals surface area contributed by atoms with Gasteiger partial charge in [0, 0.05) is 34.7 Å². The van der Waals surface area contributed by atoms with E-state index in [1.165, 1.54) is 0 Å². The molecule has 3 nitrogen and oxygen atoms in total. The number of hydrogen-bond donors (Lipinski definition) is 1. The van der Waals surface area contributed by atoms with Gasteiger partial charge >= 0.3 is 0 Å². The topological polar surface area (TPSA) is 32.3 Å². The number of carbonyl (C=O) groups is 1. The molecular formula is C17H25BrN2O. The van der Waals surface area contributed by atoms with Crippen LogP contribution in [0.4, 0.5) is 0 Å².